The lowest BCUT2D eigenvalue weighted by Gasteiger charge is -2.28. The van der Waals surface area contributed by atoms with E-state index in [4.69, 9.17) is 5.73 Å². The lowest BCUT2D eigenvalue weighted by Crippen LogP contribution is -2.39. The fourth-order valence-electron chi connectivity index (χ4n) is 2.12. The summed E-state index contributed by atoms with van der Waals surface area (Å²) in [5.41, 5.74) is 6.93. The molecule has 0 fully saturated rings. The molecule has 1 aromatic carbocycles. The zero-order chi connectivity index (χ0) is 15.7. The van der Waals surface area contributed by atoms with Crippen molar-refractivity contribution in [2.75, 3.05) is 13.1 Å². The number of hydrogen-bond donors (Lipinski definition) is 1. The molecule has 1 atom stereocenters. The summed E-state index contributed by atoms with van der Waals surface area (Å²) >= 11 is 0. The van der Waals surface area contributed by atoms with Crippen molar-refractivity contribution in [1.82, 2.24) is 4.90 Å². The number of rotatable bonds is 6. The van der Waals surface area contributed by atoms with Gasteiger partial charge >= 0.3 is 0 Å². The van der Waals surface area contributed by atoms with Gasteiger partial charge in [0.25, 0.3) is 5.91 Å². The summed E-state index contributed by atoms with van der Waals surface area (Å²) in [5.74, 6) is 5.89. The molecule has 0 aliphatic carbocycles. The van der Waals surface area contributed by atoms with Gasteiger partial charge < -0.3 is 10.6 Å². The predicted molar refractivity (Wildman–Crippen MR) is 88.1 cm³/mol. The van der Waals surface area contributed by atoms with Crippen LogP contribution in [0.2, 0.25) is 0 Å². The zero-order valence-corrected chi connectivity index (χ0v) is 13.4. The Balaban J connectivity index is 2.97. The first-order valence-electron chi connectivity index (χ1n) is 7.74. The Hall–Kier alpha value is -1.79. The molecule has 1 amide bonds. The van der Waals surface area contributed by atoms with Crippen LogP contribution >= 0.6 is 0 Å². The first kappa shape index (κ1) is 17.3. The van der Waals surface area contributed by atoms with Crippen LogP contribution in [-0.2, 0) is 0 Å². The number of carbonyl (C=O) groups is 1. The number of nitrogens with zero attached hydrogens (tertiary/aromatic N) is 1. The van der Waals surface area contributed by atoms with Crippen molar-refractivity contribution in [2.24, 2.45) is 5.73 Å². The molecule has 0 aromatic heterocycles. The quantitative estimate of drug-likeness (QED) is 0.817. The molecule has 0 bridgehead atoms. The summed E-state index contributed by atoms with van der Waals surface area (Å²) in [6.45, 7) is 7.49. The van der Waals surface area contributed by atoms with Gasteiger partial charge in [0.2, 0.25) is 0 Å². The molecule has 21 heavy (non-hydrogen) atoms. The van der Waals surface area contributed by atoms with Gasteiger partial charge in [0.1, 0.15) is 0 Å². The van der Waals surface area contributed by atoms with Gasteiger partial charge in [0.05, 0.1) is 6.54 Å². The van der Waals surface area contributed by atoms with Crippen LogP contribution in [0.15, 0.2) is 24.3 Å². The van der Waals surface area contributed by atoms with Crippen molar-refractivity contribution in [3.63, 3.8) is 0 Å². The summed E-state index contributed by atoms with van der Waals surface area (Å²) in [6, 6.07) is 7.74. The molecule has 1 rings (SSSR count). The Morgan fingerprint density at radius 3 is 2.76 bits per heavy atom. The van der Waals surface area contributed by atoms with E-state index in [2.05, 4.69) is 32.6 Å². The third-order valence-electron chi connectivity index (χ3n) is 3.58. The van der Waals surface area contributed by atoms with E-state index in [1.165, 1.54) is 0 Å². The molecule has 3 heteroatoms. The van der Waals surface area contributed by atoms with Crippen LogP contribution < -0.4 is 5.73 Å². The molecule has 0 aliphatic rings. The highest BCUT2D eigenvalue weighted by Crippen LogP contribution is 2.13. The predicted octanol–water partition coefficient (Wildman–Crippen LogP) is 3.04. The van der Waals surface area contributed by atoms with Crippen molar-refractivity contribution in [1.29, 1.82) is 0 Å². The van der Waals surface area contributed by atoms with Crippen molar-refractivity contribution < 1.29 is 4.79 Å². The number of hydrogen-bond acceptors (Lipinski definition) is 2. The lowest BCUT2D eigenvalue weighted by atomic mass is 10.1. The maximum absolute atomic E-state index is 12.7. The van der Waals surface area contributed by atoms with Crippen molar-refractivity contribution in [3.05, 3.63) is 35.4 Å². The van der Waals surface area contributed by atoms with Gasteiger partial charge in [-0.3, -0.25) is 4.79 Å². The molecule has 0 spiro atoms. The Labute approximate surface area is 128 Å². The molecule has 1 unspecified atom stereocenters. The highest BCUT2D eigenvalue weighted by Gasteiger charge is 2.19. The molecule has 0 saturated carbocycles. The van der Waals surface area contributed by atoms with Crippen LogP contribution in [0.1, 0.15) is 56.0 Å². The van der Waals surface area contributed by atoms with Gasteiger partial charge in [-0.2, -0.15) is 0 Å². The number of amides is 1. The minimum Gasteiger partial charge on any atom is -0.336 e. The second-order valence-electron chi connectivity index (χ2n) is 5.20. The molecule has 2 N–H and O–H groups in total. The Morgan fingerprint density at radius 2 is 2.14 bits per heavy atom. The molecule has 3 nitrogen and oxygen atoms in total. The molecular formula is C18H26N2O. The van der Waals surface area contributed by atoms with E-state index >= 15 is 0 Å². The fraction of sp³-hybridized carbons (Fsp3) is 0.500. The zero-order valence-electron chi connectivity index (χ0n) is 13.4. The Bertz CT molecular complexity index is 513. The van der Waals surface area contributed by atoms with Gasteiger partial charge in [0, 0.05) is 23.7 Å². The average Bonchev–Trinajstić information content (AvgIpc) is 2.52. The number of nitrogens with two attached hydrogens (primary N) is 1. The second kappa shape index (κ2) is 9.20. The smallest absolute Gasteiger partial charge is 0.254 e. The van der Waals surface area contributed by atoms with E-state index < -0.39 is 0 Å². The van der Waals surface area contributed by atoms with Gasteiger partial charge in [-0.15, -0.1) is 0 Å². The first-order valence-corrected chi connectivity index (χ1v) is 7.74. The van der Waals surface area contributed by atoms with Gasteiger partial charge in [-0.25, -0.2) is 0 Å². The Kier molecular flexibility index (Phi) is 7.56. The molecule has 1 aromatic rings. The van der Waals surface area contributed by atoms with E-state index in [1.807, 2.05) is 29.2 Å². The van der Waals surface area contributed by atoms with Crippen LogP contribution in [0.25, 0.3) is 0 Å². The van der Waals surface area contributed by atoms with E-state index in [1.54, 1.807) is 0 Å². The van der Waals surface area contributed by atoms with Crippen molar-refractivity contribution in [2.45, 2.75) is 46.1 Å². The average molecular weight is 286 g/mol. The van der Waals surface area contributed by atoms with Crippen LogP contribution in [0.3, 0.4) is 0 Å². The highest BCUT2D eigenvalue weighted by molar-refractivity contribution is 5.94. The maximum atomic E-state index is 12.7. The SMILES string of the molecule is CCCCN(C(=O)c1cccc(C#CCN)c1)C(C)CC. The second-order valence-corrected chi connectivity index (χ2v) is 5.20. The van der Waals surface area contributed by atoms with Gasteiger partial charge in [-0.1, -0.05) is 38.2 Å². The molecule has 114 valence electrons. The largest absolute Gasteiger partial charge is 0.336 e. The van der Waals surface area contributed by atoms with E-state index in [0.717, 1.165) is 31.4 Å². The van der Waals surface area contributed by atoms with E-state index in [9.17, 15) is 4.79 Å². The number of benzene rings is 1. The number of carbonyl (C=O) groups excluding carboxylic acids is 1. The highest BCUT2D eigenvalue weighted by atomic mass is 16.2. The third kappa shape index (κ3) is 5.24. The molecular weight excluding hydrogens is 260 g/mol. The van der Waals surface area contributed by atoms with Crippen LogP contribution in [0, 0.1) is 11.8 Å². The van der Waals surface area contributed by atoms with Gasteiger partial charge in [-0.05, 0) is 38.0 Å². The first-order chi connectivity index (χ1) is 10.1. The summed E-state index contributed by atoms with van der Waals surface area (Å²) in [4.78, 5) is 14.7. The Morgan fingerprint density at radius 1 is 1.38 bits per heavy atom. The van der Waals surface area contributed by atoms with Crippen LogP contribution in [0.5, 0.6) is 0 Å². The molecule has 0 aliphatic heterocycles. The van der Waals surface area contributed by atoms with Crippen molar-refractivity contribution >= 4 is 5.91 Å². The summed E-state index contributed by atoms with van der Waals surface area (Å²) in [6.07, 6.45) is 3.08. The normalized spacial score (nSPS) is 11.4. The van der Waals surface area contributed by atoms with Crippen molar-refractivity contribution in [3.8, 4) is 11.8 Å². The summed E-state index contributed by atoms with van der Waals surface area (Å²) < 4.78 is 0. The molecule has 0 radical (unpaired) electrons. The summed E-state index contributed by atoms with van der Waals surface area (Å²) in [7, 11) is 0. The topological polar surface area (TPSA) is 46.3 Å². The minimum atomic E-state index is 0.0919. The molecule has 0 saturated heterocycles. The van der Waals surface area contributed by atoms with Crippen LogP contribution in [-0.4, -0.2) is 29.9 Å². The third-order valence-corrected chi connectivity index (χ3v) is 3.58. The van der Waals surface area contributed by atoms with E-state index in [-0.39, 0.29) is 11.9 Å². The fourth-order valence-corrected chi connectivity index (χ4v) is 2.12. The number of unbranched alkanes of at least 4 members (excludes halogenated alkanes) is 1. The lowest BCUT2D eigenvalue weighted by molar-refractivity contribution is 0.0685. The minimum absolute atomic E-state index is 0.0919. The standard InChI is InChI=1S/C18H26N2O/c1-4-6-13-20(15(3)5-2)18(21)17-11-7-9-16(14-17)10-8-12-19/h7,9,11,14-15H,4-6,12-13,19H2,1-3H3. The monoisotopic (exact) mass is 286 g/mol. The maximum Gasteiger partial charge on any atom is 0.254 e. The summed E-state index contributed by atoms with van der Waals surface area (Å²) in [5, 5.41) is 0. The molecule has 0 heterocycles. The van der Waals surface area contributed by atoms with Crippen LogP contribution in [0.4, 0.5) is 0 Å². The van der Waals surface area contributed by atoms with Gasteiger partial charge in [0.15, 0.2) is 0 Å². The van der Waals surface area contributed by atoms with E-state index in [0.29, 0.717) is 12.1 Å².